The Balaban J connectivity index is 2.15. The van der Waals surface area contributed by atoms with E-state index < -0.39 is 0 Å². The van der Waals surface area contributed by atoms with E-state index in [1.807, 2.05) is 0 Å². The van der Waals surface area contributed by atoms with Crippen LogP contribution in [0, 0.1) is 20.8 Å². The van der Waals surface area contributed by atoms with Crippen molar-refractivity contribution in [1.29, 1.82) is 0 Å². The van der Waals surface area contributed by atoms with Crippen molar-refractivity contribution >= 4 is 11.8 Å². The predicted molar refractivity (Wildman–Crippen MR) is 89.7 cm³/mol. The quantitative estimate of drug-likeness (QED) is 0.854. The van der Waals surface area contributed by atoms with E-state index in [2.05, 4.69) is 61.9 Å². The molecule has 0 fully saturated rings. The van der Waals surface area contributed by atoms with Crippen LogP contribution in [0.5, 0.6) is 0 Å². The van der Waals surface area contributed by atoms with Gasteiger partial charge in [-0.2, -0.15) is 0 Å². The first-order valence-electron chi connectivity index (χ1n) is 7.24. The fourth-order valence-electron chi connectivity index (χ4n) is 2.54. The average Bonchev–Trinajstić information content (AvgIpc) is 2.44. The van der Waals surface area contributed by atoms with Crippen molar-refractivity contribution < 1.29 is 0 Å². The molecule has 2 N–H and O–H groups in total. The van der Waals surface area contributed by atoms with E-state index in [-0.39, 0.29) is 0 Å². The Morgan fingerprint density at radius 3 is 2.38 bits per heavy atom. The first kappa shape index (κ1) is 16.0. The molecule has 0 radical (unpaired) electrons. The molecule has 0 aliphatic heterocycles. The zero-order valence-corrected chi connectivity index (χ0v) is 14.0. The van der Waals surface area contributed by atoms with E-state index in [9.17, 15) is 0 Å². The SMILES string of the molecule is Cc1cccc(SCc2nc(C)c(C(C)CN)c(C)n2)c1. The number of nitrogens with two attached hydrogens (primary N) is 1. The van der Waals surface area contributed by atoms with Gasteiger partial charge < -0.3 is 5.73 Å². The van der Waals surface area contributed by atoms with Gasteiger partial charge in [0.05, 0.1) is 5.75 Å². The van der Waals surface area contributed by atoms with Crippen LogP contribution in [0.25, 0.3) is 0 Å². The predicted octanol–water partition coefficient (Wildman–Crippen LogP) is 3.76. The van der Waals surface area contributed by atoms with E-state index >= 15 is 0 Å². The molecule has 2 rings (SSSR count). The summed E-state index contributed by atoms with van der Waals surface area (Å²) in [5.74, 6) is 2.00. The highest BCUT2D eigenvalue weighted by Crippen LogP contribution is 2.25. The Morgan fingerprint density at radius 2 is 1.81 bits per heavy atom. The smallest absolute Gasteiger partial charge is 0.139 e. The maximum atomic E-state index is 5.77. The van der Waals surface area contributed by atoms with Gasteiger partial charge in [-0.3, -0.25) is 0 Å². The zero-order chi connectivity index (χ0) is 15.4. The van der Waals surface area contributed by atoms with Gasteiger partial charge in [-0.05, 0) is 50.9 Å². The Labute approximate surface area is 131 Å². The molecule has 0 aliphatic carbocycles. The summed E-state index contributed by atoms with van der Waals surface area (Å²) >= 11 is 1.78. The van der Waals surface area contributed by atoms with Crippen molar-refractivity contribution in [3.8, 4) is 0 Å². The van der Waals surface area contributed by atoms with Crippen LogP contribution in [0.3, 0.4) is 0 Å². The molecule has 0 amide bonds. The average molecular weight is 301 g/mol. The van der Waals surface area contributed by atoms with Crippen LogP contribution in [0.2, 0.25) is 0 Å². The fraction of sp³-hybridized carbons (Fsp3) is 0.412. The molecule has 0 saturated heterocycles. The van der Waals surface area contributed by atoms with Gasteiger partial charge in [0.1, 0.15) is 5.82 Å². The number of benzene rings is 1. The van der Waals surface area contributed by atoms with Crippen molar-refractivity contribution in [3.63, 3.8) is 0 Å². The number of thioether (sulfide) groups is 1. The highest BCUT2D eigenvalue weighted by molar-refractivity contribution is 7.98. The first-order valence-corrected chi connectivity index (χ1v) is 8.23. The summed E-state index contributed by atoms with van der Waals surface area (Å²) in [6.07, 6.45) is 0. The Bertz CT molecular complexity index is 602. The van der Waals surface area contributed by atoms with Crippen LogP contribution < -0.4 is 5.73 Å². The lowest BCUT2D eigenvalue weighted by Crippen LogP contribution is -2.14. The maximum absolute atomic E-state index is 5.77. The highest BCUT2D eigenvalue weighted by atomic mass is 32.2. The molecule has 1 heterocycles. The summed E-state index contributed by atoms with van der Waals surface area (Å²) in [7, 11) is 0. The molecule has 1 aromatic heterocycles. The van der Waals surface area contributed by atoms with Crippen LogP contribution in [0.1, 0.15) is 41.2 Å². The number of hydrogen-bond acceptors (Lipinski definition) is 4. The van der Waals surface area contributed by atoms with Crippen LogP contribution in [-0.4, -0.2) is 16.5 Å². The molecular formula is C17H23N3S. The summed E-state index contributed by atoms with van der Waals surface area (Å²) in [6, 6.07) is 8.51. The second-order valence-corrected chi connectivity index (χ2v) is 6.52. The first-order chi connectivity index (χ1) is 10.0. The Hall–Kier alpha value is -1.39. The van der Waals surface area contributed by atoms with Gasteiger partial charge in [0.25, 0.3) is 0 Å². The Kier molecular flexibility index (Phi) is 5.37. The lowest BCUT2D eigenvalue weighted by Gasteiger charge is -2.15. The minimum absolute atomic E-state index is 0.309. The number of aromatic nitrogens is 2. The third kappa shape index (κ3) is 4.05. The third-order valence-corrected chi connectivity index (χ3v) is 4.57. The van der Waals surface area contributed by atoms with Gasteiger partial charge in [-0.25, -0.2) is 9.97 Å². The second kappa shape index (κ2) is 7.05. The molecule has 1 unspecified atom stereocenters. The van der Waals surface area contributed by atoms with Gasteiger partial charge in [0.2, 0.25) is 0 Å². The maximum Gasteiger partial charge on any atom is 0.139 e. The summed E-state index contributed by atoms with van der Waals surface area (Å²) < 4.78 is 0. The highest BCUT2D eigenvalue weighted by Gasteiger charge is 2.14. The zero-order valence-electron chi connectivity index (χ0n) is 13.2. The summed E-state index contributed by atoms with van der Waals surface area (Å²) in [5.41, 5.74) is 10.4. The lowest BCUT2D eigenvalue weighted by molar-refractivity contribution is 0.736. The number of hydrogen-bond donors (Lipinski definition) is 1. The largest absolute Gasteiger partial charge is 0.330 e. The molecule has 0 spiro atoms. The van der Waals surface area contributed by atoms with Crippen LogP contribution in [-0.2, 0) is 5.75 Å². The monoisotopic (exact) mass is 301 g/mol. The van der Waals surface area contributed by atoms with E-state index in [1.165, 1.54) is 16.0 Å². The normalized spacial score (nSPS) is 12.4. The molecule has 0 bridgehead atoms. The molecule has 2 aromatic rings. The van der Waals surface area contributed by atoms with Gasteiger partial charge >= 0.3 is 0 Å². The molecule has 112 valence electrons. The Morgan fingerprint density at radius 1 is 1.14 bits per heavy atom. The molecule has 1 aromatic carbocycles. The third-order valence-electron chi connectivity index (χ3n) is 3.58. The fourth-order valence-corrected chi connectivity index (χ4v) is 3.41. The van der Waals surface area contributed by atoms with E-state index in [0.29, 0.717) is 12.5 Å². The number of rotatable bonds is 5. The van der Waals surface area contributed by atoms with Crippen LogP contribution >= 0.6 is 11.8 Å². The minimum Gasteiger partial charge on any atom is -0.330 e. The standard InChI is InChI=1S/C17H23N3S/c1-11-6-5-7-15(8-11)21-10-16-19-13(3)17(12(2)9-18)14(4)20-16/h5-8,12H,9-10,18H2,1-4H3. The van der Waals surface area contributed by atoms with Crippen molar-refractivity contribution in [1.82, 2.24) is 9.97 Å². The minimum atomic E-state index is 0.309. The summed E-state index contributed by atoms with van der Waals surface area (Å²) in [4.78, 5) is 10.6. The second-order valence-electron chi connectivity index (χ2n) is 5.47. The topological polar surface area (TPSA) is 51.8 Å². The molecule has 21 heavy (non-hydrogen) atoms. The van der Waals surface area contributed by atoms with E-state index in [1.54, 1.807) is 11.8 Å². The summed E-state index contributed by atoms with van der Waals surface area (Å²) in [5, 5.41) is 0. The van der Waals surface area contributed by atoms with E-state index in [4.69, 9.17) is 5.73 Å². The molecule has 4 heteroatoms. The molecule has 0 saturated carbocycles. The van der Waals surface area contributed by atoms with Gasteiger partial charge in [0.15, 0.2) is 0 Å². The number of nitrogens with zero attached hydrogens (tertiary/aromatic N) is 2. The van der Waals surface area contributed by atoms with Crippen molar-refractivity contribution in [2.45, 2.75) is 44.3 Å². The van der Waals surface area contributed by atoms with Crippen molar-refractivity contribution in [2.24, 2.45) is 5.73 Å². The van der Waals surface area contributed by atoms with Gasteiger partial charge in [-0.1, -0.05) is 24.6 Å². The lowest BCUT2D eigenvalue weighted by atomic mass is 9.98. The molecule has 0 aliphatic rings. The van der Waals surface area contributed by atoms with E-state index in [0.717, 1.165) is 23.0 Å². The molecule has 1 atom stereocenters. The molecule has 3 nitrogen and oxygen atoms in total. The summed E-state index contributed by atoms with van der Waals surface area (Å²) in [6.45, 7) is 8.97. The van der Waals surface area contributed by atoms with Gasteiger partial charge in [0, 0.05) is 16.3 Å². The molecular weight excluding hydrogens is 278 g/mol. The van der Waals surface area contributed by atoms with Crippen LogP contribution in [0.15, 0.2) is 29.2 Å². The number of aryl methyl sites for hydroxylation is 3. The van der Waals surface area contributed by atoms with Crippen molar-refractivity contribution in [3.05, 3.63) is 52.6 Å². The van der Waals surface area contributed by atoms with Gasteiger partial charge in [-0.15, -0.1) is 11.8 Å². The van der Waals surface area contributed by atoms with Crippen LogP contribution in [0.4, 0.5) is 0 Å². The van der Waals surface area contributed by atoms with Crippen molar-refractivity contribution in [2.75, 3.05) is 6.54 Å².